The first kappa shape index (κ1) is 20.1. The van der Waals surface area contributed by atoms with E-state index in [4.69, 9.17) is 4.74 Å². The first-order valence-corrected chi connectivity index (χ1v) is 11.7. The van der Waals surface area contributed by atoms with E-state index < -0.39 is 20.7 Å². The van der Waals surface area contributed by atoms with Crippen molar-refractivity contribution in [3.63, 3.8) is 0 Å². The quantitative estimate of drug-likeness (QED) is 0.670. The van der Waals surface area contributed by atoms with Crippen molar-refractivity contribution in [3.05, 3.63) is 29.8 Å². The van der Waals surface area contributed by atoms with Gasteiger partial charge in [-0.3, -0.25) is 4.79 Å². The zero-order valence-corrected chi connectivity index (χ0v) is 16.6. The number of carbonyl (C=O) groups is 1. The van der Waals surface area contributed by atoms with Crippen LogP contribution in [0.1, 0.15) is 51.0 Å². The minimum atomic E-state index is -3.70. The molecule has 0 aliphatic heterocycles. The zero-order chi connectivity index (χ0) is 18.3. The zero-order valence-electron chi connectivity index (χ0n) is 14.9. The predicted octanol–water partition coefficient (Wildman–Crippen LogP) is 3.77. The van der Waals surface area contributed by atoms with Crippen LogP contribution >= 0.6 is 0 Å². The minimum absolute atomic E-state index is 0.223. The molecule has 1 aromatic rings. The van der Waals surface area contributed by atoms with E-state index in [9.17, 15) is 13.2 Å². The lowest BCUT2D eigenvalue weighted by molar-refractivity contribution is -0.142. The third kappa shape index (κ3) is 6.22. The van der Waals surface area contributed by atoms with E-state index >= 15 is 0 Å². The fraction of sp³-hybridized carbons (Fsp3) is 0.611. The number of hydrogen-bond acceptors (Lipinski definition) is 4. The van der Waals surface area contributed by atoms with Crippen LogP contribution in [0.5, 0.6) is 0 Å². The van der Waals surface area contributed by atoms with E-state index in [0.717, 1.165) is 31.2 Å². The Morgan fingerprint density at radius 2 is 1.84 bits per heavy atom. The molecular formula is C18H27NO4S2. The smallest absolute Gasteiger partial charge is 0.306 e. The van der Waals surface area contributed by atoms with Crippen LogP contribution in [-0.4, -0.2) is 32.0 Å². The molecule has 1 aliphatic rings. The number of nitrogens with zero attached hydrogens (tertiary/aromatic N) is 1. The Morgan fingerprint density at radius 1 is 1.20 bits per heavy atom. The van der Waals surface area contributed by atoms with Gasteiger partial charge in [-0.1, -0.05) is 47.6 Å². The molecule has 0 amide bonds. The number of rotatable bonds is 7. The molecule has 0 saturated heterocycles. The monoisotopic (exact) mass is 385 g/mol. The minimum Gasteiger partial charge on any atom is -0.466 e. The molecule has 2 rings (SSSR count). The SMILES string of the molecule is CCOC(=O)CCS(=NS(=O)(=O)c1ccc(C)cc1)C1CCCCC1. The van der Waals surface area contributed by atoms with Gasteiger partial charge in [-0.2, -0.15) is 8.42 Å². The summed E-state index contributed by atoms with van der Waals surface area (Å²) in [5.74, 6) is 0.174. The van der Waals surface area contributed by atoms with E-state index in [2.05, 4.69) is 3.77 Å². The second-order valence-corrected chi connectivity index (χ2v) is 10.2. The summed E-state index contributed by atoms with van der Waals surface area (Å²) in [6, 6.07) is 6.75. The molecule has 1 aliphatic carbocycles. The predicted molar refractivity (Wildman–Crippen MR) is 101 cm³/mol. The summed E-state index contributed by atoms with van der Waals surface area (Å²) in [5.41, 5.74) is 1.01. The molecule has 0 radical (unpaired) electrons. The molecule has 1 saturated carbocycles. The summed E-state index contributed by atoms with van der Waals surface area (Å²) in [6.45, 7) is 4.03. The number of ether oxygens (including phenoxy) is 1. The summed E-state index contributed by atoms with van der Waals surface area (Å²) in [4.78, 5) is 11.9. The van der Waals surface area contributed by atoms with Gasteiger partial charge >= 0.3 is 5.97 Å². The summed E-state index contributed by atoms with van der Waals surface area (Å²) in [6.07, 6.45) is 5.59. The van der Waals surface area contributed by atoms with Gasteiger partial charge in [0.15, 0.2) is 0 Å². The Kier molecular flexibility index (Phi) is 7.62. The molecule has 140 valence electrons. The lowest BCUT2D eigenvalue weighted by Crippen LogP contribution is -2.23. The molecule has 1 aromatic carbocycles. The fourth-order valence-corrected chi connectivity index (χ4v) is 7.11. The molecule has 1 unspecified atom stereocenters. The van der Waals surface area contributed by atoms with Gasteiger partial charge in [0.2, 0.25) is 0 Å². The van der Waals surface area contributed by atoms with E-state index in [-0.39, 0.29) is 22.5 Å². The van der Waals surface area contributed by atoms with Crippen molar-refractivity contribution >= 4 is 26.7 Å². The molecule has 0 spiro atoms. The standard InChI is InChI=1S/C18H27NO4S2/c1-3-23-18(20)13-14-24(16-7-5-4-6-8-16)19-25(21,22)17-11-9-15(2)10-12-17/h9-12,16H,3-8,13-14H2,1-2H3. The Balaban J connectivity index is 2.23. The van der Waals surface area contributed by atoms with E-state index in [1.165, 1.54) is 6.42 Å². The topological polar surface area (TPSA) is 72.8 Å². The van der Waals surface area contributed by atoms with Crippen molar-refractivity contribution in [1.29, 1.82) is 0 Å². The van der Waals surface area contributed by atoms with Crippen molar-refractivity contribution in [2.75, 3.05) is 12.4 Å². The average Bonchev–Trinajstić information content (AvgIpc) is 2.60. The summed E-state index contributed by atoms with van der Waals surface area (Å²) < 4.78 is 34.6. The van der Waals surface area contributed by atoms with Gasteiger partial charge in [-0.15, -0.1) is 3.77 Å². The van der Waals surface area contributed by atoms with Gasteiger partial charge in [-0.25, -0.2) is 0 Å². The second-order valence-electron chi connectivity index (χ2n) is 6.28. The molecule has 7 heteroatoms. The molecule has 0 heterocycles. The molecule has 0 N–H and O–H groups in total. The summed E-state index contributed by atoms with van der Waals surface area (Å²) >= 11 is 0. The average molecular weight is 386 g/mol. The molecular weight excluding hydrogens is 358 g/mol. The highest BCUT2D eigenvalue weighted by molar-refractivity contribution is 8.00. The summed E-state index contributed by atoms with van der Waals surface area (Å²) in [7, 11) is -4.37. The van der Waals surface area contributed by atoms with Gasteiger partial charge in [0.05, 0.1) is 17.9 Å². The van der Waals surface area contributed by atoms with Crippen LogP contribution in [0.3, 0.4) is 0 Å². The Labute approximate surface area is 153 Å². The molecule has 0 aromatic heterocycles. The van der Waals surface area contributed by atoms with Crippen molar-refractivity contribution in [3.8, 4) is 0 Å². The molecule has 5 nitrogen and oxygen atoms in total. The van der Waals surface area contributed by atoms with Gasteiger partial charge in [-0.05, 0) is 38.8 Å². The van der Waals surface area contributed by atoms with Gasteiger partial charge in [0.1, 0.15) is 0 Å². The largest absolute Gasteiger partial charge is 0.466 e. The van der Waals surface area contributed by atoms with Crippen molar-refractivity contribution in [2.24, 2.45) is 3.77 Å². The number of carbonyl (C=O) groups excluding carboxylic acids is 1. The first-order valence-electron chi connectivity index (χ1n) is 8.82. The van der Waals surface area contributed by atoms with Gasteiger partial charge < -0.3 is 4.74 Å². The normalized spacial score (nSPS) is 17.4. The van der Waals surface area contributed by atoms with E-state index in [1.54, 1.807) is 31.2 Å². The number of hydrogen-bond donors (Lipinski definition) is 0. The van der Waals surface area contributed by atoms with Crippen molar-refractivity contribution in [1.82, 2.24) is 0 Å². The molecule has 1 fully saturated rings. The second kappa shape index (κ2) is 9.48. The van der Waals surface area contributed by atoms with Crippen LogP contribution < -0.4 is 0 Å². The van der Waals surface area contributed by atoms with E-state index in [1.807, 2.05) is 6.92 Å². The van der Waals surface area contributed by atoms with Crippen LogP contribution in [0.4, 0.5) is 0 Å². The number of aryl methyl sites for hydroxylation is 1. The molecule has 1 atom stereocenters. The number of sulfonamides is 1. The fourth-order valence-electron chi connectivity index (χ4n) is 2.90. The van der Waals surface area contributed by atoms with Crippen LogP contribution in [0, 0.1) is 6.92 Å². The third-order valence-corrected chi connectivity index (χ3v) is 8.55. The Bertz CT molecular complexity index is 705. The lowest BCUT2D eigenvalue weighted by Gasteiger charge is -2.24. The van der Waals surface area contributed by atoms with Crippen LogP contribution in [0.25, 0.3) is 0 Å². The highest BCUT2D eigenvalue weighted by atomic mass is 32.3. The van der Waals surface area contributed by atoms with Gasteiger partial charge in [0.25, 0.3) is 10.0 Å². The van der Waals surface area contributed by atoms with Crippen molar-refractivity contribution in [2.45, 2.75) is 62.5 Å². The van der Waals surface area contributed by atoms with Gasteiger partial charge in [0, 0.05) is 11.0 Å². The Morgan fingerprint density at radius 3 is 2.44 bits per heavy atom. The summed E-state index contributed by atoms with van der Waals surface area (Å²) in [5, 5.41) is 0.253. The van der Waals surface area contributed by atoms with Crippen LogP contribution in [0.15, 0.2) is 32.9 Å². The van der Waals surface area contributed by atoms with Crippen LogP contribution in [-0.2, 0) is 30.2 Å². The lowest BCUT2D eigenvalue weighted by atomic mass is 10.0. The molecule has 25 heavy (non-hydrogen) atoms. The van der Waals surface area contributed by atoms with Crippen molar-refractivity contribution < 1.29 is 17.9 Å². The molecule has 0 bridgehead atoms. The highest BCUT2D eigenvalue weighted by Crippen LogP contribution is 2.26. The van der Waals surface area contributed by atoms with E-state index in [0.29, 0.717) is 12.4 Å². The maximum Gasteiger partial charge on any atom is 0.306 e. The first-order chi connectivity index (χ1) is 11.9. The number of benzene rings is 1. The third-order valence-electron chi connectivity index (χ3n) is 4.27. The van der Waals surface area contributed by atoms with Crippen LogP contribution in [0.2, 0.25) is 0 Å². The highest BCUT2D eigenvalue weighted by Gasteiger charge is 2.22. The maximum atomic E-state index is 12.7. The Hall–Kier alpha value is -1.21. The maximum absolute atomic E-state index is 12.7. The number of esters is 1.